The molecule has 1 aromatic carbocycles. The summed E-state index contributed by atoms with van der Waals surface area (Å²) in [6, 6.07) is 3.04. The summed E-state index contributed by atoms with van der Waals surface area (Å²) in [6.45, 7) is 3.43. The number of hydrogen-bond acceptors (Lipinski definition) is 5. The van der Waals surface area contributed by atoms with Crippen LogP contribution in [0.15, 0.2) is 12.1 Å². The zero-order valence-electron chi connectivity index (χ0n) is 12.7. The Bertz CT molecular complexity index is 744. The fourth-order valence-corrected chi connectivity index (χ4v) is 3.35. The van der Waals surface area contributed by atoms with Crippen molar-refractivity contribution in [3.8, 4) is 0 Å². The zero-order chi connectivity index (χ0) is 17.1. The standard InChI is InChI=1S/C12H21N3O5S2/c1-4-15(22(18,19)20)12-6-5-11(13)9(2)10(12)7-8-14-21(3,16)17/h5-6,14H,4,7-8,13H2,1-3H3,(H,18,19,20). The maximum absolute atomic E-state index is 11.5. The van der Waals surface area contributed by atoms with Gasteiger partial charge < -0.3 is 5.73 Å². The number of hydrogen-bond donors (Lipinski definition) is 3. The second-order valence-electron chi connectivity index (χ2n) is 4.84. The van der Waals surface area contributed by atoms with E-state index in [0.717, 1.165) is 10.6 Å². The van der Waals surface area contributed by atoms with E-state index in [1.54, 1.807) is 19.9 Å². The summed E-state index contributed by atoms with van der Waals surface area (Å²) in [5.74, 6) is 0. The van der Waals surface area contributed by atoms with Gasteiger partial charge in [-0.2, -0.15) is 8.42 Å². The lowest BCUT2D eigenvalue weighted by Crippen LogP contribution is -2.32. The van der Waals surface area contributed by atoms with Crippen molar-refractivity contribution < 1.29 is 21.4 Å². The van der Waals surface area contributed by atoms with Crippen molar-refractivity contribution in [2.45, 2.75) is 20.3 Å². The molecule has 0 bridgehead atoms. The summed E-state index contributed by atoms with van der Waals surface area (Å²) >= 11 is 0. The van der Waals surface area contributed by atoms with Gasteiger partial charge in [-0.25, -0.2) is 17.4 Å². The monoisotopic (exact) mass is 351 g/mol. The van der Waals surface area contributed by atoms with Crippen LogP contribution in [0.1, 0.15) is 18.1 Å². The number of nitrogens with two attached hydrogens (primary N) is 1. The summed E-state index contributed by atoms with van der Waals surface area (Å²) in [7, 11) is -7.77. The zero-order valence-corrected chi connectivity index (χ0v) is 14.3. The molecule has 0 atom stereocenters. The minimum absolute atomic E-state index is 0.0364. The third kappa shape index (κ3) is 4.83. The van der Waals surface area contributed by atoms with E-state index in [4.69, 9.17) is 5.73 Å². The Morgan fingerprint density at radius 2 is 1.86 bits per heavy atom. The van der Waals surface area contributed by atoms with Crippen molar-refractivity contribution in [2.75, 3.05) is 29.4 Å². The lowest BCUT2D eigenvalue weighted by Gasteiger charge is -2.24. The molecule has 0 aliphatic rings. The number of nitrogen functional groups attached to an aromatic ring is 1. The Hall–Kier alpha value is -1.36. The van der Waals surface area contributed by atoms with Gasteiger partial charge in [0.25, 0.3) is 0 Å². The topological polar surface area (TPSA) is 130 Å². The minimum Gasteiger partial charge on any atom is -0.399 e. The highest BCUT2D eigenvalue weighted by Gasteiger charge is 2.22. The fourth-order valence-electron chi connectivity index (χ4n) is 2.13. The molecule has 0 spiro atoms. The summed E-state index contributed by atoms with van der Waals surface area (Å²) in [6.07, 6.45) is 1.28. The lowest BCUT2D eigenvalue weighted by molar-refractivity contribution is 0.478. The molecule has 8 nitrogen and oxygen atoms in total. The van der Waals surface area contributed by atoms with Crippen LogP contribution in [0.4, 0.5) is 11.4 Å². The van der Waals surface area contributed by atoms with E-state index in [1.807, 2.05) is 0 Å². The highest BCUT2D eigenvalue weighted by molar-refractivity contribution is 7.88. The molecule has 0 heterocycles. The van der Waals surface area contributed by atoms with Gasteiger partial charge in [-0.05, 0) is 43.5 Å². The van der Waals surface area contributed by atoms with Gasteiger partial charge in [-0.3, -0.25) is 4.55 Å². The van der Waals surface area contributed by atoms with Gasteiger partial charge >= 0.3 is 10.3 Å². The highest BCUT2D eigenvalue weighted by Crippen LogP contribution is 2.29. The van der Waals surface area contributed by atoms with Crippen LogP contribution < -0.4 is 14.8 Å². The molecule has 22 heavy (non-hydrogen) atoms. The molecule has 10 heteroatoms. The SMILES string of the molecule is CCN(c1ccc(N)c(C)c1CCNS(C)(=O)=O)S(=O)(=O)O. The van der Waals surface area contributed by atoms with Gasteiger partial charge in [-0.15, -0.1) is 0 Å². The van der Waals surface area contributed by atoms with Crippen molar-refractivity contribution in [2.24, 2.45) is 0 Å². The smallest absolute Gasteiger partial charge is 0.359 e. The van der Waals surface area contributed by atoms with Gasteiger partial charge in [0.05, 0.1) is 11.9 Å². The summed E-state index contributed by atoms with van der Waals surface area (Å²) in [4.78, 5) is 0. The third-order valence-electron chi connectivity index (χ3n) is 3.19. The van der Waals surface area contributed by atoms with Crippen LogP contribution in [0.5, 0.6) is 0 Å². The van der Waals surface area contributed by atoms with Crippen molar-refractivity contribution in [3.63, 3.8) is 0 Å². The van der Waals surface area contributed by atoms with Crippen molar-refractivity contribution in [1.82, 2.24) is 4.72 Å². The fraction of sp³-hybridized carbons (Fsp3) is 0.500. The van der Waals surface area contributed by atoms with E-state index in [0.29, 0.717) is 16.8 Å². The molecule has 4 N–H and O–H groups in total. The first kappa shape index (κ1) is 18.7. The van der Waals surface area contributed by atoms with E-state index < -0.39 is 20.3 Å². The molecule has 1 aromatic rings. The molecule has 0 radical (unpaired) electrons. The van der Waals surface area contributed by atoms with Crippen molar-refractivity contribution in [3.05, 3.63) is 23.3 Å². The summed E-state index contributed by atoms with van der Waals surface area (Å²) in [5.41, 5.74) is 7.79. The maximum Gasteiger partial charge on any atom is 0.359 e. The lowest BCUT2D eigenvalue weighted by atomic mass is 10.0. The molecule has 126 valence electrons. The molecule has 0 unspecified atom stereocenters. The van der Waals surface area contributed by atoms with Gasteiger partial charge in [0.15, 0.2) is 0 Å². The average Bonchev–Trinajstić information content (AvgIpc) is 2.34. The number of rotatable bonds is 7. The quantitative estimate of drug-likeness (QED) is 0.478. The number of nitrogens with one attached hydrogen (secondary N) is 1. The molecule has 0 aromatic heterocycles. The first-order valence-electron chi connectivity index (χ1n) is 6.55. The molecule has 0 amide bonds. The van der Waals surface area contributed by atoms with Gasteiger partial charge in [0.2, 0.25) is 10.0 Å². The van der Waals surface area contributed by atoms with E-state index in [1.165, 1.54) is 6.07 Å². The van der Waals surface area contributed by atoms with Crippen LogP contribution in [0.25, 0.3) is 0 Å². The van der Waals surface area contributed by atoms with Crippen LogP contribution in [0.2, 0.25) is 0 Å². The Balaban J connectivity index is 3.26. The predicted molar refractivity (Wildman–Crippen MR) is 86.7 cm³/mol. The van der Waals surface area contributed by atoms with Crippen LogP contribution in [0, 0.1) is 6.92 Å². The first-order valence-corrected chi connectivity index (χ1v) is 9.84. The molecule has 0 aliphatic carbocycles. The Labute approximate surface area is 131 Å². The molecule has 1 rings (SSSR count). The van der Waals surface area contributed by atoms with Gasteiger partial charge in [0.1, 0.15) is 0 Å². The van der Waals surface area contributed by atoms with Crippen molar-refractivity contribution >= 4 is 31.7 Å². The molecule has 0 aliphatic heterocycles. The number of benzene rings is 1. The molecular formula is C12H21N3O5S2. The third-order valence-corrected chi connectivity index (χ3v) is 4.93. The number of nitrogens with zero attached hydrogens (tertiary/aromatic N) is 1. The van der Waals surface area contributed by atoms with Gasteiger partial charge in [-0.1, -0.05) is 0 Å². The molecule has 0 saturated heterocycles. The highest BCUT2D eigenvalue weighted by atomic mass is 32.2. The van der Waals surface area contributed by atoms with E-state index >= 15 is 0 Å². The van der Waals surface area contributed by atoms with E-state index in [9.17, 15) is 21.4 Å². The first-order chi connectivity index (χ1) is 9.97. The Morgan fingerprint density at radius 1 is 1.27 bits per heavy atom. The summed E-state index contributed by atoms with van der Waals surface area (Å²) < 4.78 is 57.7. The van der Waals surface area contributed by atoms with Crippen LogP contribution in [-0.2, 0) is 26.7 Å². The second-order valence-corrected chi connectivity index (χ2v) is 8.01. The molecular weight excluding hydrogens is 330 g/mol. The van der Waals surface area contributed by atoms with Crippen LogP contribution in [-0.4, -0.2) is 40.7 Å². The van der Waals surface area contributed by atoms with Crippen LogP contribution >= 0.6 is 0 Å². The normalized spacial score (nSPS) is 12.4. The predicted octanol–water partition coefficient (Wildman–Crippen LogP) is 0.298. The van der Waals surface area contributed by atoms with Crippen LogP contribution in [0.3, 0.4) is 0 Å². The largest absolute Gasteiger partial charge is 0.399 e. The Morgan fingerprint density at radius 3 is 2.32 bits per heavy atom. The Kier molecular flexibility index (Phi) is 5.79. The summed E-state index contributed by atoms with van der Waals surface area (Å²) in [5, 5.41) is 0. The second kappa shape index (κ2) is 6.82. The molecule has 0 fully saturated rings. The van der Waals surface area contributed by atoms with E-state index in [2.05, 4.69) is 4.72 Å². The van der Waals surface area contributed by atoms with Crippen molar-refractivity contribution in [1.29, 1.82) is 0 Å². The van der Waals surface area contributed by atoms with Gasteiger partial charge in [0, 0.05) is 18.8 Å². The number of anilines is 2. The molecule has 0 saturated carbocycles. The minimum atomic E-state index is -4.42. The number of sulfonamides is 1. The van der Waals surface area contributed by atoms with E-state index in [-0.39, 0.29) is 25.2 Å². The average molecular weight is 351 g/mol. The maximum atomic E-state index is 11.5.